The van der Waals surface area contributed by atoms with Crippen molar-refractivity contribution in [3.05, 3.63) is 32.7 Å². The number of morpholine rings is 1. The number of aromatic amines is 1. The highest BCUT2D eigenvalue weighted by Gasteiger charge is 2.23. The van der Waals surface area contributed by atoms with E-state index in [0.29, 0.717) is 38.1 Å². The number of hydrogen-bond donors (Lipinski definition) is 1. The zero-order chi connectivity index (χ0) is 17.0. The first-order valence-electron chi connectivity index (χ1n) is 7.99. The highest BCUT2D eigenvalue weighted by Crippen LogP contribution is 2.16. The van der Waals surface area contributed by atoms with Gasteiger partial charge in [-0.15, -0.1) is 0 Å². The molecule has 1 atom stereocenters. The van der Waals surface area contributed by atoms with Crippen molar-refractivity contribution in [3.63, 3.8) is 0 Å². The minimum Gasteiger partial charge on any atom is -0.375 e. The summed E-state index contributed by atoms with van der Waals surface area (Å²) in [7, 11) is 0. The molecular formula is C17H23N3O3. The van der Waals surface area contributed by atoms with Gasteiger partial charge in [0, 0.05) is 25.2 Å². The third-order valence-corrected chi connectivity index (χ3v) is 4.46. The average Bonchev–Trinajstić information content (AvgIpc) is 2.54. The van der Waals surface area contributed by atoms with Crippen LogP contribution in [0.15, 0.2) is 4.79 Å². The minimum absolute atomic E-state index is 0.0928. The van der Waals surface area contributed by atoms with Crippen molar-refractivity contribution < 1.29 is 9.53 Å². The van der Waals surface area contributed by atoms with Gasteiger partial charge in [-0.25, -0.2) is 0 Å². The zero-order valence-electron chi connectivity index (χ0n) is 13.9. The Kier molecular flexibility index (Phi) is 5.56. The standard InChI is InChI=1S/C17H23N3O3/c1-4-13-10-20(7-8-23-13)16(21)6-5-14-11(2)15(9-18)17(22)19-12(14)3/h13H,4-8,10H2,1-3H3,(H,19,22)/t13-/m0/s1. The van der Waals surface area contributed by atoms with E-state index in [1.54, 1.807) is 13.8 Å². The van der Waals surface area contributed by atoms with E-state index in [0.717, 1.165) is 17.7 Å². The van der Waals surface area contributed by atoms with E-state index in [2.05, 4.69) is 11.9 Å². The van der Waals surface area contributed by atoms with E-state index in [1.165, 1.54) is 0 Å². The third kappa shape index (κ3) is 3.80. The van der Waals surface area contributed by atoms with Crippen LogP contribution < -0.4 is 5.56 Å². The molecule has 1 amide bonds. The lowest BCUT2D eigenvalue weighted by atomic mass is 9.99. The number of aryl methyl sites for hydroxylation is 1. The van der Waals surface area contributed by atoms with Gasteiger partial charge in [-0.1, -0.05) is 6.92 Å². The third-order valence-electron chi connectivity index (χ3n) is 4.46. The molecule has 1 aliphatic heterocycles. The number of aromatic nitrogens is 1. The zero-order valence-corrected chi connectivity index (χ0v) is 13.9. The Bertz CT molecular complexity index is 688. The first kappa shape index (κ1) is 17.2. The van der Waals surface area contributed by atoms with Crippen molar-refractivity contribution >= 4 is 5.91 Å². The highest BCUT2D eigenvalue weighted by molar-refractivity contribution is 5.76. The number of carbonyl (C=O) groups excluding carboxylic acids is 1. The summed E-state index contributed by atoms with van der Waals surface area (Å²) < 4.78 is 5.58. The van der Waals surface area contributed by atoms with Gasteiger partial charge in [0.1, 0.15) is 11.6 Å². The van der Waals surface area contributed by atoms with Gasteiger partial charge >= 0.3 is 0 Å². The summed E-state index contributed by atoms with van der Waals surface area (Å²) in [5, 5.41) is 9.09. The number of hydrogen-bond acceptors (Lipinski definition) is 4. The molecule has 1 fully saturated rings. The van der Waals surface area contributed by atoms with Crippen LogP contribution in [0.25, 0.3) is 0 Å². The number of nitrogens with zero attached hydrogens (tertiary/aromatic N) is 2. The summed E-state index contributed by atoms with van der Waals surface area (Å²) >= 11 is 0. The van der Waals surface area contributed by atoms with Crippen molar-refractivity contribution in [1.29, 1.82) is 5.26 Å². The largest absolute Gasteiger partial charge is 0.375 e. The van der Waals surface area contributed by atoms with E-state index in [4.69, 9.17) is 10.00 Å². The molecule has 2 heterocycles. The lowest BCUT2D eigenvalue weighted by Gasteiger charge is -2.32. The number of carbonyl (C=O) groups is 1. The van der Waals surface area contributed by atoms with Crippen LogP contribution in [0.5, 0.6) is 0 Å². The van der Waals surface area contributed by atoms with Crippen molar-refractivity contribution in [2.75, 3.05) is 19.7 Å². The molecular weight excluding hydrogens is 294 g/mol. The van der Waals surface area contributed by atoms with E-state index < -0.39 is 0 Å². The summed E-state index contributed by atoms with van der Waals surface area (Å²) in [6.45, 7) is 7.47. The molecule has 1 aromatic heterocycles. The molecule has 0 spiro atoms. The first-order valence-corrected chi connectivity index (χ1v) is 7.99. The summed E-state index contributed by atoms with van der Waals surface area (Å²) in [5.41, 5.74) is 2.06. The predicted octanol–water partition coefficient (Wildman–Crippen LogP) is 1.43. The minimum atomic E-state index is -0.364. The fourth-order valence-corrected chi connectivity index (χ4v) is 3.00. The number of ether oxygens (including phenoxy) is 1. The van der Waals surface area contributed by atoms with Crippen LogP contribution in [-0.4, -0.2) is 41.6 Å². The second kappa shape index (κ2) is 7.42. The predicted molar refractivity (Wildman–Crippen MR) is 86.2 cm³/mol. The van der Waals surface area contributed by atoms with Crippen molar-refractivity contribution in [3.8, 4) is 6.07 Å². The number of pyridine rings is 1. The SMILES string of the molecule is CC[C@H]1CN(C(=O)CCc2c(C)[nH]c(=O)c(C#N)c2C)CCO1. The van der Waals surface area contributed by atoms with E-state index in [9.17, 15) is 9.59 Å². The Balaban J connectivity index is 2.08. The molecule has 23 heavy (non-hydrogen) atoms. The van der Waals surface area contributed by atoms with Crippen LogP contribution in [-0.2, 0) is 16.0 Å². The number of H-pyrrole nitrogens is 1. The molecule has 2 rings (SSSR count). The second-order valence-electron chi connectivity index (χ2n) is 5.91. The maximum atomic E-state index is 12.4. The maximum absolute atomic E-state index is 12.4. The molecule has 0 radical (unpaired) electrons. The Morgan fingerprint density at radius 2 is 2.22 bits per heavy atom. The van der Waals surface area contributed by atoms with Crippen LogP contribution in [0, 0.1) is 25.2 Å². The van der Waals surface area contributed by atoms with Crippen LogP contribution in [0.4, 0.5) is 0 Å². The van der Waals surface area contributed by atoms with Crippen LogP contribution in [0.2, 0.25) is 0 Å². The number of nitriles is 1. The van der Waals surface area contributed by atoms with Gasteiger partial charge in [0.25, 0.3) is 5.56 Å². The second-order valence-corrected chi connectivity index (χ2v) is 5.91. The van der Waals surface area contributed by atoms with Gasteiger partial charge in [-0.05, 0) is 37.8 Å². The molecule has 0 saturated carbocycles. The van der Waals surface area contributed by atoms with Crippen molar-refractivity contribution in [2.24, 2.45) is 0 Å². The maximum Gasteiger partial charge on any atom is 0.266 e. The van der Waals surface area contributed by atoms with Gasteiger partial charge in [-0.2, -0.15) is 5.26 Å². The average molecular weight is 317 g/mol. The van der Waals surface area contributed by atoms with E-state index in [-0.39, 0.29) is 23.1 Å². The fraction of sp³-hybridized carbons (Fsp3) is 0.588. The summed E-state index contributed by atoms with van der Waals surface area (Å²) in [6.07, 6.45) is 1.91. The van der Waals surface area contributed by atoms with Crippen LogP contribution in [0.3, 0.4) is 0 Å². The molecule has 0 aromatic carbocycles. The molecule has 1 N–H and O–H groups in total. The molecule has 1 aliphatic rings. The fourth-order valence-electron chi connectivity index (χ4n) is 3.00. The summed E-state index contributed by atoms with van der Waals surface area (Å²) in [5.74, 6) is 0.0928. The quantitative estimate of drug-likeness (QED) is 0.910. The Morgan fingerprint density at radius 3 is 2.87 bits per heavy atom. The summed E-state index contributed by atoms with van der Waals surface area (Å²) in [4.78, 5) is 28.7. The Labute approximate surface area is 136 Å². The van der Waals surface area contributed by atoms with Gasteiger partial charge < -0.3 is 14.6 Å². The highest BCUT2D eigenvalue weighted by atomic mass is 16.5. The molecule has 1 saturated heterocycles. The normalized spacial score (nSPS) is 17.8. The van der Waals surface area contributed by atoms with E-state index in [1.807, 2.05) is 11.0 Å². The van der Waals surface area contributed by atoms with E-state index >= 15 is 0 Å². The molecule has 0 unspecified atom stereocenters. The lowest BCUT2D eigenvalue weighted by Crippen LogP contribution is -2.45. The van der Waals surface area contributed by atoms with Crippen molar-refractivity contribution in [2.45, 2.75) is 46.1 Å². The number of nitrogens with one attached hydrogen (secondary N) is 1. The van der Waals surface area contributed by atoms with Crippen LogP contribution >= 0.6 is 0 Å². The molecule has 6 heteroatoms. The Hall–Kier alpha value is -2.13. The summed E-state index contributed by atoms with van der Waals surface area (Å²) in [6, 6.07) is 1.94. The van der Waals surface area contributed by atoms with Crippen molar-refractivity contribution in [1.82, 2.24) is 9.88 Å². The smallest absolute Gasteiger partial charge is 0.266 e. The monoisotopic (exact) mass is 317 g/mol. The molecule has 124 valence electrons. The number of rotatable bonds is 4. The number of amides is 1. The van der Waals surface area contributed by atoms with Gasteiger partial charge in [0.15, 0.2) is 0 Å². The first-order chi connectivity index (χ1) is 11.0. The molecule has 0 aliphatic carbocycles. The van der Waals surface area contributed by atoms with Gasteiger partial charge in [-0.3, -0.25) is 9.59 Å². The van der Waals surface area contributed by atoms with Gasteiger partial charge in [0.05, 0.1) is 12.7 Å². The molecule has 0 bridgehead atoms. The topological polar surface area (TPSA) is 86.2 Å². The Morgan fingerprint density at radius 1 is 1.48 bits per heavy atom. The molecule has 1 aromatic rings. The van der Waals surface area contributed by atoms with Gasteiger partial charge in [0.2, 0.25) is 5.91 Å². The lowest BCUT2D eigenvalue weighted by molar-refractivity contribution is -0.138. The van der Waals surface area contributed by atoms with Crippen LogP contribution in [0.1, 0.15) is 42.1 Å². The molecule has 6 nitrogen and oxygen atoms in total.